The lowest BCUT2D eigenvalue weighted by atomic mass is 9.86. The van der Waals surface area contributed by atoms with E-state index in [1.807, 2.05) is 19.9 Å². The van der Waals surface area contributed by atoms with Crippen molar-refractivity contribution in [3.8, 4) is 12.1 Å². The number of nitrogens with two attached hydrogens (primary N) is 1. The Morgan fingerprint density at radius 2 is 2.09 bits per heavy atom. The van der Waals surface area contributed by atoms with Crippen LogP contribution in [0, 0.1) is 22.7 Å². The van der Waals surface area contributed by atoms with Gasteiger partial charge in [0, 0.05) is 11.3 Å². The molecular weight excluding hydrogens is 356 g/mol. The Hall–Kier alpha value is -2.57. The van der Waals surface area contributed by atoms with Crippen LogP contribution in [0.2, 0.25) is 0 Å². The number of allylic oxidation sites excluding steroid dienone is 3. The molecule has 2 unspecified atom stereocenters. The first-order chi connectivity index (χ1) is 10.9. The first-order valence-corrected chi connectivity index (χ1v) is 7.88. The first-order valence-electron chi connectivity index (χ1n) is 6.96. The molecule has 0 aromatic heterocycles. The minimum atomic E-state index is -0.622. The fourth-order valence-corrected chi connectivity index (χ4v) is 2.90. The fourth-order valence-electron chi connectivity index (χ4n) is 2.62. The van der Waals surface area contributed by atoms with Crippen LogP contribution < -0.4 is 11.1 Å². The zero-order chi connectivity index (χ0) is 17.1. The topological polar surface area (TPSA) is 103 Å². The lowest BCUT2D eigenvalue weighted by Gasteiger charge is -2.25. The molecule has 0 fully saturated rings. The maximum atomic E-state index is 11.4. The Labute approximate surface area is 143 Å². The number of hydrogen-bond acceptors (Lipinski definition) is 4. The number of amides is 1. The summed E-state index contributed by atoms with van der Waals surface area (Å²) in [6.07, 6.45) is 0. The molecule has 0 saturated heterocycles. The normalized spacial score (nSPS) is 18.7. The molecular formula is C17H15BrN4O. The summed E-state index contributed by atoms with van der Waals surface area (Å²) in [5.41, 5.74) is 8.98. The molecule has 1 amide bonds. The maximum Gasteiger partial charge on any atom is 0.235 e. The zero-order valence-corrected chi connectivity index (χ0v) is 14.3. The van der Waals surface area contributed by atoms with E-state index in [9.17, 15) is 15.3 Å². The van der Waals surface area contributed by atoms with Crippen LogP contribution in [0.1, 0.15) is 29.8 Å². The average Bonchev–Trinajstić information content (AvgIpc) is 2.53. The molecule has 2 rings (SSSR count). The van der Waals surface area contributed by atoms with Crippen molar-refractivity contribution in [3.63, 3.8) is 0 Å². The molecule has 0 aliphatic carbocycles. The van der Waals surface area contributed by atoms with E-state index in [4.69, 9.17) is 5.73 Å². The van der Waals surface area contributed by atoms with Gasteiger partial charge in [-0.3, -0.25) is 4.79 Å². The van der Waals surface area contributed by atoms with Gasteiger partial charge in [0.1, 0.15) is 10.9 Å². The lowest BCUT2D eigenvalue weighted by Crippen LogP contribution is -2.31. The van der Waals surface area contributed by atoms with Crippen LogP contribution in [0.15, 0.2) is 41.1 Å². The Bertz CT molecular complexity index is 811. The molecule has 1 aromatic rings. The number of primary amides is 1. The highest BCUT2D eigenvalue weighted by Gasteiger charge is 2.26. The van der Waals surface area contributed by atoms with Gasteiger partial charge in [0.2, 0.25) is 5.91 Å². The summed E-state index contributed by atoms with van der Waals surface area (Å²) >= 11 is 3.25. The highest BCUT2D eigenvalue weighted by atomic mass is 79.9. The zero-order valence-electron chi connectivity index (χ0n) is 12.7. The van der Waals surface area contributed by atoms with E-state index in [0.29, 0.717) is 27.8 Å². The van der Waals surface area contributed by atoms with Gasteiger partial charge in [-0.25, -0.2) is 0 Å². The second-order valence-electron chi connectivity index (χ2n) is 5.27. The fraction of sp³-hybridized carbons (Fsp3) is 0.235. The predicted molar refractivity (Wildman–Crippen MR) is 90.7 cm³/mol. The molecule has 116 valence electrons. The SMILES string of the molecule is CC1=C(C#N)C(c2cccc(C(Br)C(N)=O)c2)=C(C#N)C(C)N1. The van der Waals surface area contributed by atoms with Crippen LogP contribution >= 0.6 is 15.9 Å². The molecule has 6 heteroatoms. The van der Waals surface area contributed by atoms with E-state index in [-0.39, 0.29) is 6.04 Å². The van der Waals surface area contributed by atoms with Gasteiger partial charge in [-0.15, -0.1) is 0 Å². The molecule has 0 bridgehead atoms. The summed E-state index contributed by atoms with van der Waals surface area (Å²) in [6, 6.07) is 11.3. The van der Waals surface area contributed by atoms with Crippen LogP contribution in [0.25, 0.3) is 5.57 Å². The number of dihydropyridines is 1. The molecule has 1 aliphatic rings. The number of carbonyl (C=O) groups excluding carboxylic acids is 1. The van der Waals surface area contributed by atoms with E-state index >= 15 is 0 Å². The summed E-state index contributed by atoms with van der Waals surface area (Å²) in [5, 5.41) is 22.1. The molecule has 1 aromatic carbocycles. The van der Waals surface area contributed by atoms with E-state index in [1.54, 1.807) is 18.2 Å². The van der Waals surface area contributed by atoms with Crippen LogP contribution in [0.3, 0.4) is 0 Å². The van der Waals surface area contributed by atoms with Crippen molar-refractivity contribution >= 4 is 27.4 Å². The van der Waals surface area contributed by atoms with Gasteiger partial charge in [-0.2, -0.15) is 10.5 Å². The standard InChI is InChI=1S/C17H15BrN4O/c1-9-13(7-19)15(14(8-20)10(2)22-9)11-4-3-5-12(6-11)16(18)17(21)23/h3-6,9,16,22H,1-2H3,(H2,21,23). The van der Waals surface area contributed by atoms with Crippen LogP contribution in [0.5, 0.6) is 0 Å². The van der Waals surface area contributed by atoms with Gasteiger partial charge >= 0.3 is 0 Å². The van der Waals surface area contributed by atoms with E-state index < -0.39 is 10.7 Å². The second-order valence-corrected chi connectivity index (χ2v) is 6.18. The summed E-state index contributed by atoms with van der Waals surface area (Å²) < 4.78 is 0. The quantitative estimate of drug-likeness (QED) is 0.798. The molecule has 23 heavy (non-hydrogen) atoms. The van der Waals surface area contributed by atoms with Crippen molar-refractivity contribution in [2.45, 2.75) is 24.7 Å². The van der Waals surface area contributed by atoms with Gasteiger partial charge in [-0.05, 0) is 31.0 Å². The monoisotopic (exact) mass is 370 g/mol. The highest BCUT2D eigenvalue weighted by Crippen LogP contribution is 2.34. The third kappa shape index (κ3) is 3.13. The number of halogens is 1. The van der Waals surface area contributed by atoms with E-state index in [0.717, 1.165) is 5.70 Å². The molecule has 1 aliphatic heterocycles. The Kier molecular flexibility index (Phi) is 4.88. The predicted octanol–water partition coefficient (Wildman–Crippen LogP) is 2.67. The van der Waals surface area contributed by atoms with E-state index in [1.165, 1.54) is 0 Å². The molecule has 3 N–H and O–H groups in total. The molecule has 0 saturated carbocycles. The van der Waals surface area contributed by atoms with Crippen molar-refractivity contribution in [1.29, 1.82) is 10.5 Å². The summed E-state index contributed by atoms with van der Waals surface area (Å²) in [7, 11) is 0. The first kappa shape index (κ1) is 16.8. The van der Waals surface area contributed by atoms with Gasteiger partial charge in [-0.1, -0.05) is 34.1 Å². The van der Waals surface area contributed by atoms with Crippen molar-refractivity contribution in [3.05, 3.63) is 52.2 Å². The number of rotatable bonds is 3. The maximum absolute atomic E-state index is 11.4. The van der Waals surface area contributed by atoms with Crippen molar-refractivity contribution in [1.82, 2.24) is 5.32 Å². The minimum Gasteiger partial charge on any atom is -0.380 e. The average molecular weight is 371 g/mol. The summed E-state index contributed by atoms with van der Waals surface area (Å²) in [5.74, 6) is -0.498. The smallest absolute Gasteiger partial charge is 0.235 e. The highest BCUT2D eigenvalue weighted by molar-refractivity contribution is 9.09. The second kappa shape index (κ2) is 6.68. The van der Waals surface area contributed by atoms with Gasteiger partial charge in [0.25, 0.3) is 0 Å². The Morgan fingerprint density at radius 3 is 2.65 bits per heavy atom. The van der Waals surface area contributed by atoms with Crippen LogP contribution in [0.4, 0.5) is 0 Å². The largest absolute Gasteiger partial charge is 0.380 e. The number of carbonyl (C=O) groups is 1. The van der Waals surface area contributed by atoms with Gasteiger partial charge in [0.05, 0.1) is 23.3 Å². The van der Waals surface area contributed by atoms with Crippen molar-refractivity contribution < 1.29 is 4.79 Å². The number of nitrogens with zero attached hydrogens (tertiary/aromatic N) is 2. The third-order valence-electron chi connectivity index (χ3n) is 3.71. The molecule has 5 nitrogen and oxygen atoms in total. The van der Waals surface area contributed by atoms with Gasteiger partial charge in [0.15, 0.2) is 0 Å². The summed E-state index contributed by atoms with van der Waals surface area (Å²) in [6.45, 7) is 3.68. The molecule has 0 spiro atoms. The van der Waals surface area contributed by atoms with Crippen LogP contribution in [-0.4, -0.2) is 11.9 Å². The molecule has 0 radical (unpaired) electrons. The van der Waals surface area contributed by atoms with Crippen LogP contribution in [-0.2, 0) is 4.79 Å². The number of benzene rings is 1. The summed E-state index contributed by atoms with van der Waals surface area (Å²) in [4.78, 5) is 10.7. The number of hydrogen-bond donors (Lipinski definition) is 2. The number of nitriles is 2. The molecule has 2 atom stereocenters. The Balaban J connectivity index is 2.67. The van der Waals surface area contributed by atoms with Crippen molar-refractivity contribution in [2.75, 3.05) is 0 Å². The number of alkyl halides is 1. The van der Waals surface area contributed by atoms with Crippen molar-refractivity contribution in [2.24, 2.45) is 5.73 Å². The Morgan fingerprint density at radius 1 is 1.39 bits per heavy atom. The number of nitrogens with one attached hydrogen (secondary N) is 1. The third-order valence-corrected chi connectivity index (χ3v) is 4.69. The lowest BCUT2D eigenvalue weighted by molar-refractivity contribution is -0.117. The van der Waals surface area contributed by atoms with Gasteiger partial charge < -0.3 is 11.1 Å². The molecule has 1 heterocycles. The minimum absolute atomic E-state index is 0.188. The van der Waals surface area contributed by atoms with E-state index in [2.05, 4.69) is 33.4 Å².